The van der Waals surface area contributed by atoms with Gasteiger partial charge in [-0.05, 0) is 31.9 Å². The zero-order valence-corrected chi connectivity index (χ0v) is 14.3. The van der Waals surface area contributed by atoms with Gasteiger partial charge < -0.3 is 20.3 Å². The molecule has 2 saturated heterocycles. The molecular weight excluding hydrogens is 322 g/mol. The predicted molar refractivity (Wildman–Crippen MR) is 91.0 cm³/mol. The summed E-state index contributed by atoms with van der Waals surface area (Å²) in [5.41, 5.74) is 0.264. The lowest BCUT2D eigenvalue weighted by Crippen LogP contribution is -2.54. The number of rotatable bonds is 4. The normalized spacial score (nSPS) is 19.9. The molecule has 3 amide bonds. The molecule has 1 unspecified atom stereocenters. The average molecular weight is 345 g/mol. The van der Waals surface area contributed by atoms with Crippen molar-refractivity contribution in [2.75, 3.05) is 19.7 Å². The second-order valence-corrected chi connectivity index (χ2v) is 6.81. The zero-order valence-electron chi connectivity index (χ0n) is 14.3. The lowest BCUT2D eigenvalue weighted by Gasteiger charge is -2.37. The van der Waals surface area contributed by atoms with E-state index in [-0.39, 0.29) is 35.9 Å². The number of amides is 3. The van der Waals surface area contributed by atoms with Crippen LogP contribution in [-0.4, -0.2) is 54.1 Å². The number of carbonyl (C=O) groups is 3. The Labute approximate surface area is 146 Å². The first kappa shape index (κ1) is 17.3. The van der Waals surface area contributed by atoms with Gasteiger partial charge in [-0.25, -0.2) is 4.79 Å². The van der Waals surface area contributed by atoms with Crippen LogP contribution in [0, 0.1) is 0 Å². The van der Waals surface area contributed by atoms with E-state index < -0.39 is 0 Å². The van der Waals surface area contributed by atoms with E-state index in [1.54, 1.807) is 29.2 Å². The molecule has 0 aliphatic carbocycles. The van der Waals surface area contributed by atoms with Crippen molar-refractivity contribution in [3.63, 3.8) is 0 Å². The Morgan fingerprint density at radius 1 is 1.28 bits per heavy atom. The maximum Gasteiger partial charge on any atom is 0.407 e. The van der Waals surface area contributed by atoms with Gasteiger partial charge in [0.25, 0.3) is 5.91 Å². The molecule has 7 nitrogen and oxygen atoms in total. The van der Waals surface area contributed by atoms with Crippen molar-refractivity contribution in [2.45, 2.75) is 37.8 Å². The van der Waals surface area contributed by atoms with Crippen molar-refractivity contribution in [2.24, 2.45) is 0 Å². The number of piperidine rings is 1. The van der Waals surface area contributed by atoms with Crippen molar-refractivity contribution < 1.29 is 19.1 Å². The van der Waals surface area contributed by atoms with Crippen LogP contribution in [0.15, 0.2) is 30.3 Å². The quantitative estimate of drug-likeness (QED) is 0.861. The number of hydrogen-bond acceptors (Lipinski definition) is 4. The third-order valence-corrected chi connectivity index (χ3v) is 4.81. The van der Waals surface area contributed by atoms with Gasteiger partial charge in [-0.2, -0.15) is 0 Å². The summed E-state index contributed by atoms with van der Waals surface area (Å²) in [4.78, 5) is 37.6. The minimum atomic E-state index is -0.378. The van der Waals surface area contributed by atoms with E-state index in [1.807, 2.05) is 13.0 Å². The van der Waals surface area contributed by atoms with Crippen LogP contribution in [0.4, 0.5) is 4.79 Å². The standard InChI is InChI=1S/C18H23N3O4/c1-13(19-16(23)14-5-3-2-4-6-14)11-15(22)21-9-7-18(8-10-21)12-25-17(24)20-18/h2-6,13H,7-12H2,1H3,(H,19,23)(H,20,24). The Balaban J connectivity index is 1.46. The molecule has 2 fully saturated rings. The van der Waals surface area contributed by atoms with Crippen LogP contribution in [0.3, 0.4) is 0 Å². The Morgan fingerprint density at radius 2 is 1.96 bits per heavy atom. The Bertz CT molecular complexity index is 654. The van der Waals surface area contributed by atoms with Crippen LogP contribution in [0.1, 0.15) is 36.5 Å². The van der Waals surface area contributed by atoms with Crippen molar-refractivity contribution in [3.05, 3.63) is 35.9 Å². The molecular formula is C18H23N3O4. The smallest absolute Gasteiger partial charge is 0.407 e. The summed E-state index contributed by atoms with van der Waals surface area (Å²) in [6, 6.07) is 8.70. The molecule has 3 rings (SSSR count). The van der Waals surface area contributed by atoms with Gasteiger partial charge in [-0.15, -0.1) is 0 Å². The molecule has 0 radical (unpaired) electrons. The highest BCUT2D eigenvalue weighted by molar-refractivity contribution is 5.94. The largest absolute Gasteiger partial charge is 0.447 e. The molecule has 0 saturated carbocycles. The fraction of sp³-hybridized carbons (Fsp3) is 0.500. The van der Waals surface area contributed by atoms with Gasteiger partial charge in [-0.1, -0.05) is 18.2 Å². The molecule has 25 heavy (non-hydrogen) atoms. The van der Waals surface area contributed by atoms with Crippen LogP contribution in [0.25, 0.3) is 0 Å². The third-order valence-electron chi connectivity index (χ3n) is 4.81. The number of benzene rings is 1. The van der Waals surface area contributed by atoms with Gasteiger partial charge in [0, 0.05) is 31.1 Å². The summed E-state index contributed by atoms with van der Waals surface area (Å²) in [5, 5.41) is 5.71. The van der Waals surface area contributed by atoms with E-state index in [0.29, 0.717) is 38.1 Å². The van der Waals surface area contributed by atoms with Crippen LogP contribution in [0.2, 0.25) is 0 Å². The second kappa shape index (κ2) is 7.13. The molecule has 1 spiro atoms. The zero-order chi connectivity index (χ0) is 17.9. The van der Waals surface area contributed by atoms with E-state index in [9.17, 15) is 14.4 Å². The molecule has 134 valence electrons. The SMILES string of the molecule is CC(CC(=O)N1CCC2(CC1)COC(=O)N2)NC(=O)c1ccccc1. The van der Waals surface area contributed by atoms with E-state index in [2.05, 4.69) is 10.6 Å². The fourth-order valence-electron chi connectivity index (χ4n) is 3.28. The molecule has 1 atom stereocenters. The topological polar surface area (TPSA) is 87.7 Å². The third kappa shape index (κ3) is 4.10. The van der Waals surface area contributed by atoms with E-state index in [0.717, 1.165) is 0 Å². The number of carbonyl (C=O) groups excluding carboxylic acids is 3. The van der Waals surface area contributed by atoms with Gasteiger partial charge in [0.15, 0.2) is 0 Å². The first-order valence-corrected chi connectivity index (χ1v) is 8.56. The molecule has 0 bridgehead atoms. The van der Waals surface area contributed by atoms with Crippen LogP contribution < -0.4 is 10.6 Å². The number of nitrogens with one attached hydrogen (secondary N) is 2. The number of likely N-dealkylation sites (tertiary alicyclic amines) is 1. The van der Waals surface area contributed by atoms with E-state index in [4.69, 9.17) is 4.74 Å². The summed E-state index contributed by atoms with van der Waals surface area (Å²) in [6.45, 7) is 3.37. The first-order valence-electron chi connectivity index (χ1n) is 8.56. The minimum Gasteiger partial charge on any atom is -0.447 e. The van der Waals surface area contributed by atoms with Crippen molar-refractivity contribution in [1.29, 1.82) is 0 Å². The molecule has 2 aliphatic rings. The van der Waals surface area contributed by atoms with Gasteiger partial charge in [0.05, 0.1) is 5.54 Å². The summed E-state index contributed by atoms with van der Waals surface area (Å²) >= 11 is 0. The van der Waals surface area contributed by atoms with Crippen molar-refractivity contribution in [1.82, 2.24) is 15.5 Å². The van der Waals surface area contributed by atoms with Crippen LogP contribution >= 0.6 is 0 Å². The van der Waals surface area contributed by atoms with Gasteiger partial charge in [-0.3, -0.25) is 9.59 Å². The lowest BCUT2D eigenvalue weighted by atomic mass is 9.89. The summed E-state index contributed by atoms with van der Waals surface area (Å²) in [7, 11) is 0. The molecule has 0 aromatic heterocycles. The monoisotopic (exact) mass is 345 g/mol. The van der Waals surface area contributed by atoms with Gasteiger partial charge >= 0.3 is 6.09 Å². The number of cyclic esters (lactones) is 1. The van der Waals surface area contributed by atoms with E-state index in [1.165, 1.54) is 0 Å². The summed E-state index contributed by atoms with van der Waals surface area (Å²) in [5.74, 6) is -0.162. The first-order chi connectivity index (χ1) is 12.0. The Kier molecular flexibility index (Phi) is 4.92. The van der Waals surface area contributed by atoms with Gasteiger partial charge in [0.2, 0.25) is 5.91 Å². The number of nitrogens with zero attached hydrogens (tertiary/aromatic N) is 1. The summed E-state index contributed by atoms with van der Waals surface area (Å²) in [6.07, 6.45) is 1.26. The second-order valence-electron chi connectivity index (χ2n) is 6.81. The number of hydrogen-bond donors (Lipinski definition) is 2. The van der Waals surface area contributed by atoms with Crippen molar-refractivity contribution in [3.8, 4) is 0 Å². The Morgan fingerprint density at radius 3 is 2.56 bits per heavy atom. The molecule has 2 N–H and O–H groups in total. The van der Waals surface area contributed by atoms with Crippen molar-refractivity contribution >= 4 is 17.9 Å². The molecule has 1 aromatic rings. The minimum absolute atomic E-state index is 0.0148. The molecule has 7 heteroatoms. The Hall–Kier alpha value is -2.57. The number of alkyl carbamates (subject to hydrolysis) is 1. The van der Waals surface area contributed by atoms with Gasteiger partial charge in [0.1, 0.15) is 6.61 Å². The maximum absolute atomic E-state index is 12.5. The predicted octanol–water partition coefficient (Wildman–Crippen LogP) is 1.30. The lowest BCUT2D eigenvalue weighted by molar-refractivity contribution is -0.133. The average Bonchev–Trinajstić information content (AvgIpc) is 2.96. The van der Waals surface area contributed by atoms with Crippen LogP contribution in [0.5, 0.6) is 0 Å². The molecule has 2 heterocycles. The highest BCUT2D eigenvalue weighted by atomic mass is 16.6. The fourth-order valence-corrected chi connectivity index (χ4v) is 3.28. The summed E-state index contributed by atoms with van der Waals surface area (Å²) < 4.78 is 4.99. The maximum atomic E-state index is 12.5. The highest BCUT2D eigenvalue weighted by Gasteiger charge is 2.42. The number of ether oxygens (including phenoxy) is 1. The highest BCUT2D eigenvalue weighted by Crippen LogP contribution is 2.26. The molecule has 1 aromatic carbocycles. The van der Waals surface area contributed by atoms with E-state index >= 15 is 0 Å². The molecule has 2 aliphatic heterocycles. The van der Waals surface area contributed by atoms with Crippen LogP contribution in [-0.2, 0) is 9.53 Å².